The van der Waals surface area contributed by atoms with Crippen LogP contribution < -0.4 is 20.5 Å². The number of ether oxygens (including phenoxy) is 2. The van der Waals surface area contributed by atoms with Crippen molar-refractivity contribution in [3.8, 4) is 11.5 Å². The molecule has 0 fully saturated rings. The van der Waals surface area contributed by atoms with Gasteiger partial charge in [-0.1, -0.05) is 24.3 Å². The molecule has 2 amide bonds. The molecule has 0 saturated carbocycles. The molecule has 5 rings (SSSR count). The molecule has 1 aliphatic rings. The Morgan fingerprint density at radius 1 is 1.14 bits per heavy atom. The Kier molecular flexibility index (Phi) is 5.86. The first-order chi connectivity index (χ1) is 16.9. The SMILES string of the molecule is COc1ccc(C2CC(=O)Nc3cccc4c3c2cn4Cc2cccc(F)c2)cc1OCC(N)=O. The zero-order valence-corrected chi connectivity index (χ0v) is 19.1. The van der Waals surface area contributed by atoms with Crippen LogP contribution in [0, 0.1) is 5.82 Å². The topological polar surface area (TPSA) is 95.6 Å². The lowest BCUT2D eigenvalue weighted by Gasteiger charge is -2.17. The van der Waals surface area contributed by atoms with E-state index in [4.69, 9.17) is 15.2 Å². The van der Waals surface area contributed by atoms with Gasteiger partial charge in [0.05, 0.1) is 18.3 Å². The number of halogens is 1. The molecule has 178 valence electrons. The van der Waals surface area contributed by atoms with Crippen LogP contribution in [0.5, 0.6) is 11.5 Å². The molecule has 1 atom stereocenters. The maximum atomic E-state index is 13.8. The van der Waals surface area contributed by atoms with Gasteiger partial charge in [0.1, 0.15) is 5.82 Å². The highest BCUT2D eigenvalue weighted by Gasteiger charge is 2.28. The summed E-state index contributed by atoms with van der Waals surface area (Å²) in [5.41, 5.74) is 9.56. The van der Waals surface area contributed by atoms with Crippen LogP contribution in [0.2, 0.25) is 0 Å². The average molecular weight is 474 g/mol. The molecule has 1 aromatic heterocycles. The van der Waals surface area contributed by atoms with E-state index < -0.39 is 5.91 Å². The number of carbonyl (C=O) groups excluding carboxylic acids is 2. The summed E-state index contributed by atoms with van der Waals surface area (Å²) in [6, 6.07) is 17.7. The second-order valence-corrected chi connectivity index (χ2v) is 8.51. The number of nitrogens with one attached hydrogen (secondary N) is 1. The summed E-state index contributed by atoms with van der Waals surface area (Å²) in [5.74, 6) is -0.439. The summed E-state index contributed by atoms with van der Waals surface area (Å²) in [6.07, 6.45) is 2.24. The number of rotatable bonds is 7. The van der Waals surface area contributed by atoms with Gasteiger partial charge in [-0.05, 0) is 53.1 Å². The molecule has 0 spiro atoms. The van der Waals surface area contributed by atoms with Gasteiger partial charge in [0.2, 0.25) is 5.91 Å². The number of hydrogen-bond donors (Lipinski definition) is 2. The molecule has 8 heteroatoms. The highest BCUT2D eigenvalue weighted by Crippen LogP contribution is 2.42. The minimum absolute atomic E-state index is 0.106. The van der Waals surface area contributed by atoms with Crippen LogP contribution in [0.25, 0.3) is 10.9 Å². The van der Waals surface area contributed by atoms with Crippen LogP contribution in [0.3, 0.4) is 0 Å². The van der Waals surface area contributed by atoms with Crippen molar-refractivity contribution in [1.29, 1.82) is 0 Å². The lowest BCUT2D eigenvalue weighted by atomic mass is 9.88. The van der Waals surface area contributed by atoms with Gasteiger partial charge in [-0.3, -0.25) is 9.59 Å². The second kappa shape index (κ2) is 9.13. The zero-order valence-electron chi connectivity index (χ0n) is 19.1. The van der Waals surface area contributed by atoms with Crippen molar-refractivity contribution in [2.24, 2.45) is 5.73 Å². The lowest BCUT2D eigenvalue weighted by molar-refractivity contribution is -0.120. The van der Waals surface area contributed by atoms with Gasteiger partial charge in [0.25, 0.3) is 5.91 Å². The van der Waals surface area contributed by atoms with E-state index in [1.807, 2.05) is 36.5 Å². The second-order valence-electron chi connectivity index (χ2n) is 8.51. The number of methoxy groups -OCH3 is 1. The van der Waals surface area contributed by atoms with Crippen LogP contribution >= 0.6 is 0 Å². The Morgan fingerprint density at radius 3 is 2.74 bits per heavy atom. The van der Waals surface area contributed by atoms with Crippen molar-refractivity contribution < 1.29 is 23.5 Å². The van der Waals surface area contributed by atoms with Gasteiger partial charge in [-0.2, -0.15) is 0 Å². The van der Waals surface area contributed by atoms with Gasteiger partial charge >= 0.3 is 0 Å². The van der Waals surface area contributed by atoms with Crippen molar-refractivity contribution in [1.82, 2.24) is 4.57 Å². The summed E-state index contributed by atoms with van der Waals surface area (Å²) < 4.78 is 26.8. The quantitative estimate of drug-likeness (QED) is 0.421. The highest BCUT2D eigenvalue weighted by atomic mass is 19.1. The van der Waals surface area contributed by atoms with Crippen molar-refractivity contribution in [2.75, 3.05) is 19.0 Å². The van der Waals surface area contributed by atoms with Crippen molar-refractivity contribution in [3.63, 3.8) is 0 Å². The minimum atomic E-state index is -0.601. The van der Waals surface area contributed by atoms with E-state index in [9.17, 15) is 14.0 Å². The Hall–Kier alpha value is -4.33. The number of nitrogens with zero attached hydrogens (tertiary/aromatic N) is 1. The van der Waals surface area contributed by atoms with Gasteiger partial charge in [-0.15, -0.1) is 0 Å². The van der Waals surface area contributed by atoms with Gasteiger partial charge < -0.3 is 25.1 Å². The van der Waals surface area contributed by atoms with Crippen LogP contribution in [0.4, 0.5) is 10.1 Å². The zero-order chi connectivity index (χ0) is 24.5. The first kappa shape index (κ1) is 22.5. The molecular formula is C27H24FN3O4. The molecule has 7 nitrogen and oxygen atoms in total. The van der Waals surface area contributed by atoms with E-state index in [1.54, 1.807) is 18.2 Å². The van der Waals surface area contributed by atoms with Crippen LogP contribution in [-0.2, 0) is 16.1 Å². The fourth-order valence-electron chi connectivity index (χ4n) is 4.68. The first-order valence-electron chi connectivity index (χ1n) is 11.2. The molecule has 0 saturated heterocycles. The summed E-state index contributed by atoms with van der Waals surface area (Å²) in [7, 11) is 1.51. The third-order valence-corrected chi connectivity index (χ3v) is 6.18. The number of nitrogens with two attached hydrogens (primary N) is 1. The van der Waals surface area contributed by atoms with E-state index in [2.05, 4.69) is 9.88 Å². The fourth-order valence-corrected chi connectivity index (χ4v) is 4.68. The normalized spacial score (nSPS) is 14.9. The number of hydrogen-bond acceptors (Lipinski definition) is 4. The Bertz CT molecular complexity index is 1450. The van der Waals surface area contributed by atoms with Crippen LogP contribution in [0.1, 0.15) is 29.0 Å². The maximum Gasteiger partial charge on any atom is 0.255 e. The van der Waals surface area contributed by atoms with E-state index in [-0.39, 0.29) is 30.7 Å². The molecule has 1 aliphatic heterocycles. The molecule has 2 heterocycles. The van der Waals surface area contributed by atoms with E-state index >= 15 is 0 Å². The van der Waals surface area contributed by atoms with E-state index in [0.717, 1.165) is 33.3 Å². The number of amides is 2. The van der Waals surface area contributed by atoms with E-state index in [0.29, 0.717) is 18.0 Å². The molecule has 0 aliphatic carbocycles. The smallest absolute Gasteiger partial charge is 0.255 e. The molecule has 0 radical (unpaired) electrons. The number of aromatic nitrogens is 1. The Labute approximate surface area is 201 Å². The van der Waals surface area contributed by atoms with Crippen LogP contribution in [0.15, 0.2) is 66.9 Å². The maximum absolute atomic E-state index is 13.8. The molecular weight excluding hydrogens is 449 g/mol. The summed E-state index contributed by atoms with van der Waals surface area (Å²) in [5, 5.41) is 3.96. The Morgan fingerprint density at radius 2 is 1.97 bits per heavy atom. The number of anilines is 1. The van der Waals surface area contributed by atoms with Gasteiger partial charge in [-0.25, -0.2) is 4.39 Å². The largest absolute Gasteiger partial charge is 0.493 e. The Balaban J connectivity index is 1.62. The molecule has 3 N–H and O–H groups in total. The number of benzene rings is 3. The summed E-state index contributed by atoms with van der Waals surface area (Å²) in [4.78, 5) is 24.1. The predicted octanol–water partition coefficient (Wildman–Crippen LogP) is 4.18. The standard InChI is InChI=1S/C27H24FN3O4/c1-34-23-9-8-17(11-24(23)35-15-25(29)32)19-12-26(33)30-21-6-3-7-22-27(21)20(19)14-31(22)13-16-4-2-5-18(28)10-16/h2-11,14,19H,12-13,15H2,1H3,(H2,29,32)(H,30,33). The van der Waals surface area contributed by atoms with Crippen molar-refractivity contribution >= 4 is 28.4 Å². The third kappa shape index (κ3) is 4.42. The van der Waals surface area contributed by atoms with Crippen molar-refractivity contribution in [2.45, 2.75) is 18.9 Å². The molecule has 1 unspecified atom stereocenters. The number of primary amides is 1. The van der Waals surface area contributed by atoms with Crippen molar-refractivity contribution in [3.05, 3.63) is 89.4 Å². The van der Waals surface area contributed by atoms with Gasteiger partial charge in [0, 0.05) is 30.5 Å². The van der Waals surface area contributed by atoms with E-state index in [1.165, 1.54) is 19.2 Å². The summed E-state index contributed by atoms with van der Waals surface area (Å²) >= 11 is 0. The number of carbonyl (C=O) groups is 2. The average Bonchev–Trinajstić information content (AvgIpc) is 3.12. The molecule has 35 heavy (non-hydrogen) atoms. The molecule has 4 aromatic rings. The highest BCUT2D eigenvalue weighted by molar-refractivity contribution is 6.06. The monoisotopic (exact) mass is 473 g/mol. The summed E-state index contributed by atoms with van der Waals surface area (Å²) in [6.45, 7) is 0.190. The third-order valence-electron chi connectivity index (χ3n) is 6.18. The van der Waals surface area contributed by atoms with Gasteiger partial charge in [0.15, 0.2) is 18.1 Å². The minimum Gasteiger partial charge on any atom is -0.493 e. The lowest BCUT2D eigenvalue weighted by Crippen LogP contribution is -2.20. The van der Waals surface area contributed by atoms with Crippen LogP contribution in [-0.4, -0.2) is 30.1 Å². The predicted molar refractivity (Wildman–Crippen MR) is 130 cm³/mol. The first-order valence-corrected chi connectivity index (χ1v) is 11.2. The molecule has 0 bridgehead atoms. The molecule has 3 aromatic carbocycles. The fraction of sp³-hybridized carbons (Fsp3) is 0.185.